The number of rotatable bonds is 9. The molecule has 0 bridgehead atoms. The van der Waals surface area contributed by atoms with Gasteiger partial charge < -0.3 is 25.7 Å². The van der Waals surface area contributed by atoms with E-state index in [9.17, 15) is 19.2 Å². The van der Waals surface area contributed by atoms with Gasteiger partial charge in [-0.3, -0.25) is 19.3 Å². The first-order chi connectivity index (χ1) is 15.7. The van der Waals surface area contributed by atoms with Crippen molar-refractivity contribution >= 4 is 23.8 Å². The molecule has 1 saturated carbocycles. The second-order valence-electron chi connectivity index (χ2n) is 9.49. The smallest absolute Gasteiger partial charge is 0.336 e. The van der Waals surface area contributed by atoms with E-state index in [2.05, 4.69) is 61.6 Å². The van der Waals surface area contributed by atoms with E-state index >= 15 is 0 Å². The van der Waals surface area contributed by atoms with Gasteiger partial charge in [0.1, 0.15) is 0 Å². The molecule has 1 aliphatic rings. The number of nitrogens with zero attached hydrogens (tertiary/aromatic N) is 1. The molecule has 34 heavy (non-hydrogen) atoms. The van der Waals surface area contributed by atoms with Gasteiger partial charge in [0.05, 0.1) is 12.8 Å². The first kappa shape index (κ1) is 29.1. The predicted octanol–water partition coefficient (Wildman–Crippen LogP) is 1.91. The number of carbonyl (C=O) groups is 4. The number of hydrogen-bond donors (Lipinski definition) is 5. The molecular weight excluding hydrogens is 444 g/mol. The fraction of sp³-hybridized carbons (Fsp3) is 0.583. The molecule has 0 saturated heterocycles. The molecule has 190 valence electrons. The monoisotopic (exact) mass is 480 g/mol. The molecule has 0 spiro atoms. The van der Waals surface area contributed by atoms with Crippen molar-refractivity contribution in [3.8, 4) is 0 Å². The summed E-state index contributed by atoms with van der Waals surface area (Å²) in [7, 11) is 4.37. The van der Waals surface area contributed by atoms with Crippen molar-refractivity contribution in [1.82, 2.24) is 10.2 Å². The molecule has 0 heterocycles. The first-order valence-electron chi connectivity index (χ1n) is 11.0. The SMILES string of the molecule is CC(=O)NCC1(C)CCC(c2ccccc2)(N(C)C)CC1.O=C(O)CC(O)(CC(=O)O)C(=O)O. The molecule has 0 aromatic heterocycles. The van der Waals surface area contributed by atoms with Gasteiger partial charge in [0.2, 0.25) is 5.91 Å². The zero-order chi connectivity index (χ0) is 26.2. The number of carbonyl (C=O) groups excluding carboxylic acids is 1. The number of carboxylic acid groups (broad SMARTS) is 3. The van der Waals surface area contributed by atoms with E-state index in [0.29, 0.717) is 0 Å². The summed E-state index contributed by atoms with van der Waals surface area (Å²) >= 11 is 0. The lowest BCUT2D eigenvalue weighted by Gasteiger charge is -2.49. The van der Waals surface area contributed by atoms with Crippen LogP contribution in [0.5, 0.6) is 0 Å². The van der Waals surface area contributed by atoms with E-state index in [1.54, 1.807) is 6.92 Å². The van der Waals surface area contributed by atoms with Crippen LogP contribution in [0, 0.1) is 5.41 Å². The van der Waals surface area contributed by atoms with Crippen molar-refractivity contribution in [3.63, 3.8) is 0 Å². The first-order valence-corrected chi connectivity index (χ1v) is 11.0. The molecule has 10 heteroatoms. The second kappa shape index (κ2) is 11.9. The van der Waals surface area contributed by atoms with E-state index in [0.717, 1.165) is 32.2 Å². The van der Waals surface area contributed by atoms with Gasteiger partial charge in [0.15, 0.2) is 5.60 Å². The summed E-state index contributed by atoms with van der Waals surface area (Å²) < 4.78 is 0. The fourth-order valence-electron chi connectivity index (χ4n) is 4.24. The van der Waals surface area contributed by atoms with Gasteiger partial charge in [0, 0.05) is 19.0 Å². The van der Waals surface area contributed by atoms with Gasteiger partial charge in [-0.15, -0.1) is 0 Å². The van der Waals surface area contributed by atoms with Crippen molar-refractivity contribution in [2.24, 2.45) is 5.41 Å². The molecule has 0 unspecified atom stereocenters. The Morgan fingerprint density at radius 3 is 1.76 bits per heavy atom. The highest BCUT2D eigenvalue weighted by molar-refractivity contribution is 5.88. The number of aliphatic carboxylic acids is 3. The largest absolute Gasteiger partial charge is 0.481 e. The quantitative estimate of drug-likeness (QED) is 0.355. The molecule has 2 rings (SSSR count). The second-order valence-corrected chi connectivity index (χ2v) is 9.49. The maximum Gasteiger partial charge on any atom is 0.336 e. The molecule has 1 aliphatic carbocycles. The summed E-state index contributed by atoms with van der Waals surface area (Å²) in [5.74, 6) is -4.95. The summed E-state index contributed by atoms with van der Waals surface area (Å²) in [5, 5.41) is 36.8. The van der Waals surface area contributed by atoms with E-state index in [4.69, 9.17) is 20.4 Å². The third-order valence-electron chi connectivity index (χ3n) is 6.50. The number of amides is 1. The molecule has 1 fully saturated rings. The highest BCUT2D eigenvalue weighted by Gasteiger charge is 2.43. The fourth-order valence-corrected chi connectivity index (χ4v) is 4.24. The van der Waals surface area contributed by atoms with Gasteiger partial charge in [-0.1, -0.05) is 37.3 Å². The number of aliphatic hydroxyl groups is 1. The molecule has 1 aromatic carbocycles. The topological polar surface area (TPSA) is 164 Å². The third kappa shape index (κ3) is 8.11. The van der Waals surface area contributed by atoms with Crippen LogP contribution >= 0.6 is 0 Å². The Hall–Kier alpha value is -2.98. The summed E-state index contributed by atoms with van der Waals surface area (Å²) in [5.41, 5.74) is -0.967. The molecule has 5 N–H and O–H groups in total. The number of nitrogens with one attached hydrogen (secondary N) is 1. The number of benzene rings is 1. The van der Waals surface area contributed by atoms with Gasteiger partial charge in [-0.25, -0.2) is 4.79 Å². The maximum absolute atomic E-state index is 11.2. The highest BCUT2D eigenvalue weighted by atomic mass is 16.4. The van der Waals surface area contributed by atoms with E-state index < -0.39 is 36.4 Å². The van der Waals surface area contributed by atoms with Gasteiger partial charge >= 0.3 is 17.9 Å². The third-order valence-corrected chi connectivity index (χ3v) is 6.50. The van der Waals surface area contributed by atoms with E-state index in [-0.39, 0.29) is 16.9 Å². The molecule has 0 aliphatic heterocycles. The minimum Gasteiger partial charge on any atom is -0.481 e. The lowest BCUT2D eigenvalue weighted by molar-refractivity contribution is -0.170. The van der Waals surface area contributed by atoms with Gasteiger partial charge in [-0.05, 0) is 50.8 Å². The van der Waals surface area contributed by atoms with Crippen LogP contribution in [-0.4, -0.2) is 75.4 Å². The minimum atomic E-state index is -2.74. The number of hydrogen-bond acceptors (Lipinski definition) is 6. The Balaban J connectivity index is 0.000000385. The summed E-state index contributed by atoms with van der Waals surface area (Å²) in [6.07, 6.45) is 2.27. The van der Waals surface area contributed by atoms with Crippen LogP contribution in [0.1, 0.15) is 57.9 Å². The van der Waals surface area contributed by atoms with Crippen LogP contribution < -0.4 is 5.32 Å². The predicted molar refractivity (Wildman–Crippen MR) is 124 cm³/mol. The Kier molecular flexibility index (Phi) is 10.2. The normalized spacial score (nSPS) is 22.3. The Bertz CT molecular complexity index is 845. The van der Waals surface area contributed by atoms with Crippen LogP contribution in [0.3, 0.4) is 0 Å². The van der Waals surface area contributed by atoms with Crippen LogP contribution in [0.2, 0.25) is 0 Å². The molecule has 1 amide bonds. The summed E-state index contributed by atoms with van der Waals surface area (Å²) in [6.45, 7) is 4.69. The lowest BCUT2D eigenvalue weighted by Crippen LogP contribution is -2.48. The summed E-state index contributed by atoms with van der Waals surface area (Å²) in [6, 6.07) is 10.8. The minimum absolute atomic E-state index is 0.0729. The standard InChI is InChI=1S/C18H28N2O.C6H8O7/c1-15(21)19-14-17(2)10-12-18(13-11-17,20(3)4)16-8-6-5-7-9-16;7-3(8)1-6(13,5(11)12)2-4(9)10/h5-9H,10-14H2,1-4H3,(H,19,21);13H,1-2H2,(H,7,8)(H,9,10)(H,11,12). The molecule has 1 aromatic rings. The zero-order valence-corrected chi connectivity index (χ0v) is 20.2. The molecule has 0 atom stereocenters. The van der Waals surface area contributed by atoms with Gasteiger partial charge in [0.25, 0.3) is 0 Å². The lowest BCUT2D eigenvalue weighted by atomic mass is 9.65. The van der Waals surface area contributed by atoms with Crippen molar-refractivity contribution in [1.29, 1.82) is 0 Å². The van der Waals surface area contributed by atoms with Crippen LogP contribution in [0.15, 0.2) is 30.3 Å². The van der Waals surface area contributed by atoms with E-state index in [1.807, 2.05) is 0 Å². The maximum atomic E-state index is 11.2. The molecular formula is C24H36N2O8. The molecule has 0 radical (unpaired) electrons. The zero-order valence-electron chi connectivity index (χ0n) is 20.2. The summed E-state index contributed by atoms with van der Waals surface area (Å²) in [4.78, 5) is 44.0. The van der Waals surface area contributed by atoms with E-state index in [1.165, 1.54) is 5.56 Å². The van der Waals surface area contributed by atoms with Crippen LogP contribution in [-0.2, 0) is 24.7 Å². The van der Waals surface area contributed by atoms with Crippen molar-refractivity contribution in [2.75, 3.05) is 20.6 Å². The number of carboxylic acids is 3. The van der Waals surface area contributed by atoms with Crippen LogP contribution in [0.4, 0.5) is 0 Å². The van der Waals surface area contributed by atoms with Crippen molar-refractivity contribution < 1.29 is 39.6 Å². The average Bonchev–Trinajstić information content (AvgIpc) is 2.73. The van der Waals surface area contributed by atoms with Crippen LogP contribution in [0.25, 0.3) is 0 Å². The highest BCUT2D eigenvalue weighted by Crippen LogP contribution is 2.47. The average molecular weight is 481 g/mol. The van der Waals surface area contributed by atoms with Crippen molar-refractivity contribution in [2.45, 2.75) is 63.5 Å². The van der Waals surface area contributed by atoms with Gasteiger partial charge in [-0.2, -0.15) is 0 Å². The van der Waals surface area contributed by atoms with Crippen molar-refractivity contribution in [3.05, 3.63) is 35.9 Å². The Morgan fingerprint density at radius 2 is 1.41 bits per heavy atom. The Morgan fingerprint density at radius 1 is 0.941 bits per heavy atom. The molecule has 10 nitrogen and oxygen atoms in total. The Labute approximate surface area is 199 Å².